The number of ether oxygens (including phenoxy) is 3. The maximum atomic E-state index is 12.1. The maximum absolute atomic E-state index is 12.1. The highest BCUT2D eigenvalue weighted by atomic mass is 16.7. The van der Waals surface area contributed by atoms with Crippen LogP contribution >= 0.6 is 0 Å². The average molecular weight is 419 g/mol. The molecular weight excluding hydrogens is 398 g/mol. The molecule has 1 saturated heterocycles. The molecule has 1 fully saturated rings. The van der Waals surface area contributed by atoms with Gasteiger partial charge in [-0.2, -0.15) is 5.26 Å². The van der Waals surface area contributed by atoms with E-state index >= 15 is 0 Å². The SMILES string of the molecule is COC(=O)c1c(N)c(C#N)cn1-c1ccc(OC2OC(CO)C(O)C(O)C2O)cc1. The Morgan fingerprint density at radius 3 is 2.47 bits per heavy atom. The molecule has 5 atom stereocenters. The molecule has 0 aliphatic carbocycles. The van der Waals surface area contributed by atoms with Crippen LogP contribution in [0, 0.1) is 11.3 Å². The molecule has 2 aromatic rings. The largest absolute Gasteiger partial charge is 0.464 e. The van der Waals surface area contributed by atoms with Gasteiger partial charge in [0.05, 0.1) is 25.0 Å². The van der Waals surface area contributed by atoms with Crippen LogP contribution in [0.1, 0.15) is 16.1 Å². The van der Waals surface area contributed by atoms with Crippen molar-refractivity contribution in [3.05, 3.63) is 41.7 Å². The van der Waals surface area contributed by atoms with Crippen LogP contribution in [0.25, 0.3) is 5.69 Å². The van der Waals surface area contributed by atoms with E-state index in [0.29, 0.717) is 5.69 Å². The zero-order chi connectivity index (χ0) is 22.0. The zero-order valence-electron chi connectivity index (χ0n) is 15.9. The molecule has 0 spiro atoms. The smallest absolute Gasteiger partial charge is 0.357 e. The second kappa shape index (κ2) is 8.70. The van der Waals surface area contributed by atoms with Gasteiger partial charge in [0.25, 0.3) is 0 Å². The first-order valence-electron chi connectivity index (χ1n) is 8.89. The lowest BCUT2D eigenvalue weighted by Crippen LogP contribution is -2.60. The molecule has 1 aromatic heterocycles. The molecule has 0 radical (unpaired) electrons. The van der Waals surface area contributed by atoms with Crippen LogP contribution in [-0.4, -0.2) is 75.4 Å². The highest BCUT2D eigenvalue weighted by Gasteiger charge is 2.44. The molecule has 1 aromatic carbocycles. The van der Waals surface area contributed by atoms with E-state index in [9.17, 15) is 30.5 Å². The van der Waals surface area contributed by atoms with E-state index in [-0.39, 0.29) is 22.7 Å². The van der Waals surface area contributed by atoms with E-state index in [0.717, 1.165) is 0 Å². The van der Waals surface area contributed by atoms with Crippen LogP contribution in [0.2, 0.25) is 0 Å². The Hall–Kier alpha value is -3.14. The monoisotopic (exact) mass is 419 g/mol. The van der Waals surface area contributed by atoms with Gasteiger partial charge in [0, 0.05) is 11.9 Å². The molecule has 0 saturated carbocycles. The van der Waals surface area contributed by atoms with Crippen molar-refractivity contribution >= 4 is 11.7 Å². The molecule has 0 bridgehead atoms. The number of esters is 1. The summed E-state index contributed by atoms with van der Waals surface area (Å²) in [7, 11) is 1.20. The highest BCUT2D eigenvalue weighted by Crippen LogP contribution is 2.28. The van der Waals surface area contributed by atoms with E-state index < -0.39 is 43.3 Å². The number of methoxy groups -OCH3 is 1. The molecule has 2 heterocycles. The van der Waals surface area contributed by atoms with Gasteiger partial charge in [0.15, 0.2) is 5.69 Å². The van der Waals surface area contributed by atoms with E-state index in [1.54, 1.807) is 12.1 Å². The number of hydrogen-bond acceptors (Lipinski definition) is 10. The number of anilines is 1. The third-order valence-corrected chi connectivity index (χ3v) is 4.76. The van der Waals surface area contributed by atoms with Gasteiger partial charge in [-0.05, 0) is 24.3 Å². The van der Waals surface area contributed by atoms with Crippen molar-refractivity contribution in [3.8, 4) is 17.5 Å². The number of rotatable bonds is 5. The molecule has 11 heteroatoms. The Morgan fingerprint density at radius 2 is 1.90 bits per heavy atom. The van der Waals surface area contributed by atoms with Crippen molar-refractivity contribution in [1.29, 1.82) is 5.26 Å². The third kappa shape index (κ3) is 3.82. The third-order valence-electron chi connectivity index (χ3n) is 4.76. The Morgan fingerprint density at radius 1 is 1.23 bits per heavy atom. The molecule has 0 amide bonds. The van der Waals surface area contributed by atoms with Crippen LogP contribution in [0.3, 0.4) is 0 Å². The van der Waals surface area contributed by atoms with Gasteiger partial charge in [-0.3, -0.25) is 0 Å². The van der Waals surface area contributed by atoms with E-state index in [2.05, 4.69) is 0 Å². The number of nitrogens with zero attached hydrogens (tertiary/aromatic N) is 2. The van der Waals surface area contributed by atoms with Gasteiger partial charge >= 0.3 is 5.97 Å². The minimum absolute atomic E-state index is 0.00310. The summed E-state index contributed by atoms with van der Waals surface area (Å²) in [6.07, 6.45) is -5.62. The quantitative estimate of drug-likeness (QED) is 0.373. The summed E-state index contributed by atoms with van der Waals surface area (Å²) in [5, 5.41) is 48.1. The summed E-state index contributed by atoms with van der Waals surface area (Å²) in [6.45, 7) is -0.573. The fourth-order valence-corrected chi connectivity index (χ4v) is 3.10. The molecule has 1 aliphatic heterocycles. The molecule has 30 heavy (non-hydrogen) atoms. The number of carbonyl (C=O) groups excluding carboxylic acids is 1. The summed E-state index contributed by atoms with van der Waals surface area (Å²) in [5.74, 6) is -0.473. The predicted octanol–water partition coefficient (Wildman–Crippen LogP) is -1.10. The number of benzene rings is 1. The molecular formula is C19H21N3O8. The Bertz CT molecular complexity index is 950. The van der Waals surface area contributed by atoms with Gasteiger partial charge < -0.3 is 44.9 Å². The molecule has 5 unspecified atom stereocenters. The second-order valence-corrected chi connectivity index (χ2v) is 6.59. The van der Waals surface area contributed by atoms with Gasteiger partial charge in [0.2, 0.25) is 6.29 Å². The van der Waals surface area contributed by atoms with Gasteiger partial charge in [-0.1, -0.05) is 0 Å². The summed E-state index contributed by atoms with van der Waals surface area (Å²) >= 11 is 0. The Labute approximate surface area is 171 Å². The number of aliphatic hydroxyl groups is 4. The van der Waals surface area contributed by atoms with E-state index in [4.69, 9.17) is 19.9 Å². The molecule has 6 N–H and O–H groups in total. The molecule has 11 nitrogen and oxygen atoms in total. The summed E-state index contributed by atoms with van der Waals surface area (Å²) in [6, 6.07) is 8.03. The first kappa shape index (κ1) is 21.6. The van der Waals surface area contributed by atoms with Crippen LogP contribution in [0.4, 0.5) is 5.69 Å². The maximum Gasteiger partial charge on any atom is 0.357 e. The normalized spacial score (nSPS) is 26.1. The van der Waals surface area contributed by atoms with Crippen molar-refractivity contribution in [3.63, 3.8) is 0 Å². The standard InChI is InChI=1S/C19H21N3O8/c1-28-18(27)14-13(21)9(6-20)7-22(14)10-2-4-11(5-3-10)29-19-17(26)16(25)15(24)12(8-23)30-19/h2-5,7,12,15-17,19,23-26H,8,21H2,1H3. The average Bonchev–Trinajstić information content (AvgIpc) is 3.10. The number of nitrogens with two attached hydrogens (primary N) is 1. The minimum atomic E-state index is -1.56. The topological polar surface area (TPSA) is 180 Å². The van der Waals surface area contributed by atoms with Crippen molar-refractivity contribution in [2.75, 3.05) is 19.5 Å². The first-order valence-corrected chi connectivity index (χ1v) is 8.89. The Balaban J connectivity index is 1.84. The number of aromatic nitrogens is 1. The summed E-state index contributed by atoms with van der Waals surface area (Å²) in [5.41, 5.74) is 6.44. The predicted molar refractivity (Wildman–Crippen MR) is 101 cm³/mol. The number of nitriles is 1. The number of hydrogen-bond donors (Lipinski definition) is 5. The lowest BCUT2D eigenvalue weighted by atomic mass is 9.99. The highest BCUT2D eigenvalue weighted by molar-refractivity contribution is 5.95. The first-order chi connectivity index (χ1) is 14.3. The number of carbonyl (C=O) groups is 1. The summed E-state index contributed by atoms with van der Waals surface area (Å²) < 4.78 is 17.0. The number of nitrogen functional groups attached to an aromatic ring is 1. The van der Waals surface area contributed by atoms with Crippen molar-refractivity contribution in [2.45, 2.75) is 30.7 Å². The molecule has 1 aliphatic rings. The van der Waals surface area contributed by atoms with Crippen molar-refractivity contribution in [2.24, 2.45) is 0 Å². The minimum Gasteiger partial charge on any atom is -0.464 e. The van der Waals surface area contributed by atoms with E-state index in [1.165, 1.54) is 30.0 Å². The van der Waals surface area contributed by atoms with Crippen molar-refractivity contribution in [1.82, 2.24) is 4.57 Å². The second-order valence-electron chi connectivity index (χ2n) is 6.59. The lowest BCUT2D eigenvalue weighted by Gasteiger charge is -2.39. The fourth-order valence-electron chi connectivity index (χ4n) is 3.10. The molecule has 160 valence electrons. The van der Waals surface area contributed by atoms with Crippen LogP contribution < -0.4 is 10.5 Å². The van der Waals surface area contributed by atoms with Gasteiger partial charge in [-0.15, -0.1) is 0 Å². The lowest BCUT2D eigenvalue weighted by molar-refractivity contribution is -0.277. The zero-order valence-corrected chi connectivity index (χ0v) is 15.9. The fraction of sp³-hybridized carbons (Fsp3) is 0.368. The Kier molecular flexibility index (Phi) is 6.25. The van der Waals surface area contributed by atoms with Crippen molar-refractivity contribution < 1.29 is 39.4 Å². The summed E-state index contributed by atoms with van der Waals surface area (Å²) in [4.78, 5) is 12.1. The van der Waals surface area contributed by atoms with Gasteiger partial charge in [0.1, 0.15) is 36.2 Å². The van der Waals surface area contributed by atoms with Crippen LogP contribution in [0.5, 0.6) is 5.75 Å². The van der Waals surface area contributed by atoms with Crippen LogP contribution in [0.15, 0.2) is 30.5 Å². The molecule has 3 rings (SSSR count). The van der Waals surface area contributed by atoms with E-state index in [1.807, 2.05) is 6.07 Å². The van der Waals surface area contributed by atoms with Gasteiger partial charge in [-0.25, -0.2) is 4.79 Å². The van der Waals surface area contributed by atoms with Crippen LogP contribution in [-0.2, 0) is 9.47 Å². The number of aliphatic hydroxyl groups excluding tert-OH is 4.